The van der Waals surface area contributed by atoms with Crippen LogP contribution in [0.4, 0.5) is 0 Å². The van der Waals surface area contributed by atoms with E-state index in [4.69, 9.17) is 28.3 Å². The van der Waals surface area contributed by atoms with Gasteiger partial charge in [0.25, 0.3) is 0 Å². The molecule has 0 aliphatic heterocycles. The zero-order valence-electron chi connectivity index (χ0n) is 4.34. The van der Waals surface area contributed by atoms with Gasteiger partial charge in [-0.3, -0.25) is 0 Å². The van der Waals surface area contributed by atoms with Crippen LogP contribution in [0.5, 0.6) is 0 Å². The van der Waals surface area contributed by atoms with Crippen LogP contribution >= 0.6 is 34.5 Å². The van der Waals surface area contributed by atoms with E-state index in [9.17, 15) is 0 Å². The lowest BCUT2D eigenvalue weighted by molar-refractivity contribution is 0.266. The molecule has 0 radical (unpaired) electrons. The minimum Gasteiger partial charge on any atom is -0.373 e. The molecule has 1 heterocycles. The van der Waals surface area contributed by atoms with Gasteiger partial charge in [0.05, 0.1) is 4.34 Å². The molecule has 0 bridgehead atoms. The Labute approximate surface area is 66.8 Å². The average Bonchev–Trinajstić information content (AvgIpc) is 2.14. The van der Waals surface area contributed by atoms with E-state index < -0.39 is 5.56 Å². The molecule has 0 aliphatic carbocycles. The number of hydrogen-bond donors (Lipinski definition) is 1. The first-order chi connectivity index (χ1) is 4.20. The Bertz CT molecular complexity index is 197. The van der Waals surface area contributed by atoms with Crippen LogP contribution in [0.25, 0.3) is 0 Å². The lowest BCUT2D eigenvalue weighted by Crippen LogP contribution is -1.78. The fourth-order valence-electron chi connectivity index (χ4n) is 0.456. The minimum absolute atomic E-state index is 0.643. The van der Waals surface area contributed by atoms with Crippen molar-refractivity contribution < 1.29 is 5.11 Å². The van der Waals surface area contributed by atoms with Crippen molar-refractivity contribution in [1.29, 1.82) is 0 Å². The second kappa shape index (κ2) is 2.88. The fraction of sp³-hybridized carbons (Fsp3) is 0.200. The molecule has 4 heteroatoms. The number of halogens is 2. The van der Waals surface area contributed by atoms with Gasteiger partial charge >= 0.3 is 0 Å². The van der Waals surface area contributed by atoms with Gasteiger partial charge in [0.2, 0.25) is 0 Å². The Hall–Kier alpha value is 0.240. The van der Waals surface area contributed by atoms with Crippen LogP contribution in [-0.2, 0) is 0 Å². The normalized spacial score (nSPS) is 13.7. The van der Waals surface area contributed by atoms with Gasteiger partial charge in [0.15, 0.2) is 5.56 Å². The average molecular weight is 183 g/mol. The predicted molar refractivity (Wildman–Crippen MR) is 40.1 cm³/mol. The molecule has 0 saturated carbocycles. The van der Waals surface area contributed by atoms with Gasteiger partial charge in [0.1, 0.15) is 0 Å². The summed E-state index contributed by atoms with van der Waals surface area (Å²) in [5.41, 5.74) is -0.914. The van der Waals surface area contributed by atoms with E-state index in [1.165, 1.54) is 11.3 Å². The molecule has 1 atom stereocenters. The van der Waals surface area contributed by atoms with Gasteiger partial charge in [-0.25, -0.2) is 0 Å². The van der Waals surface area contributed by atoms with Crippen LogP contribution in [0.1, 0.15) is 10.4 Å². The fourth-order valence-corrected chi connectivity index (χ4v) is 1.59. The van der Waals surface area contributed by atoms with E-state index in [1.807, 2.05) is 0 Å². The SMILES string of the molecule is OC(Cl)c1ccc(Cl)s1. The topological polar surface area (TPSA) is 20.2 Å². The third-order valence-corrected chi connectivity index (χ3v) is 2.48. The first-order valence-corrected chi connectivity index (χ1v) is 3.90. The smallest absolute Gasteiger partial charge is 0.162 e. The van der Waals surface area contributed by atoms with Crippen LogP contribution < -0.4 is 0 Å². The van der Waals surface area contributed by atoms with E-state index in [-0.39, 0.29) is 0 Å². The zero-order chi connectivity index (χ0) is 6.85. The summed E-state index contributed by atoms with van der Waals surface area (Å²) in [7, 11) is 0. The third-order valence-electron chi connectivity index (χ3n) is 0.829. The van der Waals surface area contributed by atoms with Crippen molar-refractivity contribution in [2.45, 2.75) is 5.56 Å². The molecular weight excluding hydrogens is 179 g/mol. The highest BCUT2D eigenvalue weighted by molar-refractivity contribution is 7.16. The van der Waals surface area contributed by atoms with Gasteiger partial charge in [-0.1, -0.05) is 23.2 Å². The zero-order valence-corrected chi connectivity index (χ0v) is 6.67. The molecule has 1 nitrogen and oxygen atoms in total. The number of aliphatic hydroxyl groups is 1. The highest BCUT2D eigenvalue weighted by atomic mass is 35.5. The summed E-state index contributed by atoms with van der Waals surface area (Å²) in [4.78, 5) is 0.682. The third kappa shape index (κ3) is 1.83. The molecule has 0 fully saturated rings. The molecule has 0 spiro atoms. The second-order valence-electron chi connectivity index (χ2n) is 1.48. The van der Waals surface area contributed by atoms with Crippen LogP contribution in [0, 0.1) is 0 Å². The Balaban J connectivity index is 2.85. The quantitative estimate of drug-likeness (QED) is 0.663. The second-order valence-corrected chi connectivity index (χ2v) is 3.64. The van der Waals surface area contributed by atoms with E-state index >= 15 is 0 Å². The van der Waals surface area contributed by atoms with Gasteiger partial charge in [-0.15, -0.1) is 11.3 Å². The summed E-state index contributed by atoms with van der Waals surface area (Å²) >= 11 is 12.2. The molecule has 0 aromatic carbocycles. The highest BCUT2D eigenvalue weighted by Gasteiger charge is 2.04. The molecule has 50 valence electrons. The van der Waals surface area contributed by atoms with Crippen molar-refractivity contribution in [1.82, 2.24) is 0 Å². The number of alkyl halides is 1. The van der Waals surface area contributed by atoms with Crippen molar-refractivity contribution in [3.05, 3.63) is 21.3 Å². The van der Waals surface area contributed by atoms with Crippen molar-refractivity contribution in [2.24, 2.45) is 0 Å². The standard InChI is InChI=1S/C5H4Cl2OS/c6-4-2-1-3(9-4)5(7)8/h1-2,5,8H. The van der Waals surface area contributed by atoms with Gasteiger partial charge < -0.3 is 5.11 Å². The Morgan fingerprint density at radius 2 is 2.22 bits per heavy atom. The Morgan fingerprint density at radius 1 is 1.56 bits per heavy atom. The Kier molecular flexibility index (Phi) is 2.35. The van der Waals surface area contributed by atoms with Crippen molar-refractivity contribution in [3.8, 4) is 0 Å². The lowest BCUT2D eigenvalue weighted by atomic mass is 10.5. The molecule has 1 rings (SSSR count). The van der Waals surface area contributed by atoms with Crippen LogP contribution in [-0.4, -0.2) is 5.11 Å². The van der Waals surface area contributed by atoms with Crippen LogP contribution in [0.15, 0.2) is 12.1 Å². The van der Waals surface area contributed by atoms with E-state index in [0.717, 1.165) is 0 Å². The largest absolute Gasteiger partial charge is 0.373 e. The summed E-state index contributed by atoms with van der Waals surface area (Å²) in [5.74, 6) is 0. The van der Waals surface area contributed by atoms with Crippen molar-refractivity contribution in [2.75, 3.05) is 0 Å². The molecule has 0 aliphatic rings. The maximum absolute atomic E-state index is 8.75. The van der Waals surface area contributed by atoms with Crippen LogP contribution in [0.3, 0.4) is 0 Å². The molecule has 1 aromatic rings. The van der Waals surface area contributed by atoms with Crippen molar-refractivity contribution >= 4 is 34.5 Å². The number of thiophene rings is 1. The Morgan fingerprint density at radius 3 is 2.44 bits per heavy atom. The molecule has 0 amide bonds. The number of rotatable bonds is 1. The summed E-state index contributed by atoms with van der Waals surface area (Å²) in [6.07, 6.45) is 0. The predicted octanol–water partition coefficient (Wildman–Crippen LogP) is 2.63. The first kappa shape index (κ1) is 7.35. The van der Waals surface area contributed by atoms with Gasteiger partial charge in [0, 0.05) is 4.88 Å². The van der Waals surface area contributed by atoms with Gasteiger partial charge in [-0.05, 0) is 12.1 Å². The number of aliphatic hydroxyl groups excluding tert-OH is 1. The van der Waals surface area contributed by atoms with Crippen LogP contribution in [0.2, 0.25) is 4.34 Å². The number of hydrogen-bond acceptors (Lipinski definition) is 2. The molecule has 1 aromatic heterocycles. The monoisotopic (exact) mass is 182 g/mol. The minimum atomic E-state index is -0.914. The summed E-state index contributed by atoms with van der Waals surface area (Å²) < 4.78 is 0.643. The molecule has 1 N–H and O–H groups in total. The lowest BCUT2D eigenvalue weighted by Gasteiger charge is -1.92. The molecule has 1 unspecified atom stereocenters. The summed E-state index contributed by atoms with van der Waals surface area (Å²) in [6, 6.07) is 3.40. The van der Waals surface area contributed by atoms with E-state index in [0.29, 0.717) is 9.21 Å². The first-order valence-electron chi connectivity index (χ1n) is 2.27. The summed E-state index contributed by atoms with van der Waals surface area (Å²) in [6.45, 7) is 0. The molecule has 0 saturated heterocycles. The maximum Gasteiger partial charge on any atom is 0.162 e. The highest BCUT2D eigenvalue weighted by Crippen LogP contribution is 2.28. The molecular formula is C5H4Cl2OS. The maximum atomic E-state index is 8.75. The van der Waals surface area contributed by atoms with E-state index in [2.05, 4.69) is 0 Å². The van der Waals surface area contributed by atoms with Crippen molar-refractivity contribution in [3.63, 3.8) is 0 Å². The van der Waals surface area contributed by atoms with Gasteiger partial charge in [-0.2, -0.15) is 0 Å². The summed E-state index contributed by atoms with van der Waals surface area (Å²) in [5, 5.41) is 8.75. The molecule has 9 heavy (non-hydrogen) atoms. The van der Waals surface area contributed by atoms with E-state index in [1.54, 1.807) is 12.1 Å².